The van der Waals surface area contributed by atoms with Crippen molar-refractivity contribution in [3.05, 3.63) is 58.9 Å². The minimum atomic E-state index is -0.226. The molecule has 4 heteroatoms. The summed E-state index contributed by atoms with van der Waals surface area (Å²) in [6.07, 6.45) is 4.87. The van der Waals surface area contributed by atoms with Gasteiger partial charge in [0.2, 0.25) is 0 Å². The number of allylic oxidation sites excluding steroid dienone is 3. The van der Waals surface area contributed by atoms with Gasteiger partial charge in [-0.3, -0.25) is 9.28 Å². The quantitative estimate of drug-likeness (QED) is 0.669. The lowest BCUT2D eigenvalue weighted by Crippen LogP contribution is -2.38. The number of aliphatic hydroxyl groups is 1. The molecule has 1 aliphatic rings. The van der Waals surface area contributed by atoms with Crippen LogP contribution in [0.1, 0.15) is 5.56 Å². The average Bonchev–Trinajstić information content (AvgIpc) is 2.43. The molecule has 0 bridgehead atoms. The van der Waals surface area contributed by atoms with Crippen molar-refractivity contribution in [2.75, 3.05) is 13.7 Å². The Morgan fingerprint density at radius 1 is 1.30 bits per heavy atom. The molecule has 0 radical (unpaired) electrons. The van der Waals surface area contributed by atoms with Crippen molar-refractivity contribution in [1.82, 2.24) is 0 Å². The molecule has 1 aromatic rings. The number of rotatable bonds is 2. The van der Waals surface area contributed by atoms with Gasteiger partial charge < -0.3 is 5.11 Å². The van der Waals surface area contributed by atoms with Crippen molar-refractivity contribution in [2.24, 2.45) is 0 Å². The van der Waals surface area contributed by atoms with Crippen LogP contribution >= 0.6 is 11.6 Å². The maximum Gasteiger partial charge on any atom is 0.192 e. The van der Waals surface area contributed by atoms with E-state index in [0.29, 0.717) is 21.7 Å². The van der Waals surface area contributed by atoms with Crippen LogP contribution in [0.25, 0.3) is 0 Å². The van der Waals surface area contributed by atoms with E-state index >= 15 is 0 Å². The smallest absolute Gasteiger partial charge is 0.192 e. The Hall–Kier alpha value is -1.86. The highest BCUT2D eigenvalue weighted by Crippen LogP contribution is 2.24. The summed E-state index contributed by atoms with van der Waals surface area (Å²) >= 11 is 5.88. The molecule has 0 spiro atoms. The molecule has 2 rings (SSSR count). The van der Waals surface area contributed by atoms with Gasteiger partial charge >= 0.3 is 0 Å². The molecule has 1 aromatic carbocycles. The molecule has 1 heterocycles. The highest BCUT2D eigenvalue weighted by molar-refractivity contribution is 6.30. The zero-order valence-corrected chi connectivity index (χ0v) is 11.9. The van der Waals surface area contributed by atoms with Crippen molar-refractivity contribution in [2.45, 2.75) is 6.54 Å². The van der Waals surface area contributed by atoms with Crippen LogP contribution in [0, 0.1) is 11.8 Å². The first-order valence-electron chi connectivity index (χ1n) is 6.18. The summed E-state index contributed by atoms with van der Waals surface area (Å²) in [5, 5.41) is 9.52. The SMILES string of the molecule is C[N+]1(Cc2ccc(Cl)cc2)C=CC(=O)C=C1C#CCO. The molecule has 1 atom stereocenters. The summed E-state index contributed by atoms with van der Waals surface area (Å²) in [6, 6.07) is 7.58. The van der Waals surface area contributed by atoms with Gasteiger partial charge in [0.05, 0.1) is 13.1 Å². The van der Waals surface area contributed by atoms with E-state index in [1.165, 1.54) is 6.08 Å². The second-order valence-electron chi connectivity index (χ2n) is 4.76. The number of ketones is 1. The Morgan fingerprint density at radius 3 is 2.65 bits per heavy atom. The first-order chi connectivity index (χ1) is 9.53. The Morgan fingerprint density at radius 2 is 2.00 bits per heavy atom. The third-order valence-corrected chi connectivity index (χ3v) is 3.37. The topological polar surface area (TPSA) is 37.3 Å². The standard InChI is InChI=1S/C16H15ClNO2/c1-18(12-13-4-6-14(17)7-5-13)9-8-16(20)11-15(18)3-2-10-19/h4-9,11,19H,10,12H2,1H3/q+1. The molecule has 1 aliphatic heterocycles. The normalized spacial score (nSPS) is 21.1. The average molecular weight is 289 g/mol. The number of hydrogen-bond acceptors (Lipinski definition) is 2. The van der Waals surface area contributed by atoms with Crippen molar-refractivity contribution in [1.29, 1.82) is 0 Å². The minimum Gasteiger partial charge on any atom is -0.384 e. The van der Waals surface area contributed by atoms with E-state index in [0.717, 1.165) is 5.56 Å². The molecular weight excluding hydrogens is 274 g/mol. The lowest BCUT2D eigenvalue weighted by Gasteiger charge is -2.31. The van der Waals surface area contributed by atoms with E-state index < -0.39 is 0 Å². The van der Waals surface area contributed by atoms with E-state index in [1.807, 2.05) is 37.5 Å². The Labute approximate surface area is 123 Å². The highest BCUT2D eigenvalue weighted by atomic mass is 35.5. The molecule has 3 nitrogen and oxygen atoms in total. The largest absolute Gasteiger partial charge is 0.384 e. The van der Waals surface area contributed by atoms with Crippen molar-refractivity contribution < 1.29 is 14.4 Å². The lowest BCUT2D eigenvalue weighted by molar-refractivity contribution is -0.830. The fourth-order valence-electron chi connectivity index (χ4n) is 2.05. The van der Waals surface area contributed by atoms with Crippen LogP contribution in [0.3, 0.4) is 0 Å². The van der Waals surface area contributed by atoms with Gasteiger partial charge in [0.15, 0.2) is 11.5 Å². The van der Waals surface area contributed by atoms with E-state index in [-0.39, 0.29) is 12.4 Å². The fraction of sp³-hybridized carbons (Fsp3) is 0.188. The zero-order chi connectivity index (χ0) is 14.6. The Bertz CT molecular complexity index is 635. The minimum absolute atomic E-state index is 0.0843. The fourth-order valence-corrected chi connectivity index (χ4v) is 2.18. The van der Waals surface area contributed by atoms with Gasteiger partial charge in [0.1, 0.15) is 19.4 Å². The predicted octanol–water partition coefficient (Wildman–Crippen LogP) is 2.26. The summed E-state index contributed by atoms with van der Waals surface area (Å²) in [7, 11) is 1.97. The molecule has 0 saturated carbocycles. The first-order valence-corrected chi connectivity index (χ1v) is 6.56. The van der Waals surface area contributed by atoms with E-state index in [4.69, 9.17) is 16.7 Å². The third-order valence-electron chi connectivity index (χ3n) is 3.12. The summed E-state index contributed by atoms with van der Waals surface area (Å²) in [6.45, 7) is 0.434. The van der Waals surface area contributed by atoms with Gasteiger partial charge in [0.25, 0.3) is 0 Å². The van der Waals surface area contributed by atoms with Crippen LogP contribution in [0.2, 0.25) is 5.02 Å². The van der Waals surface area contributed by atoms with Crippen LogP contribution in [0.4, 0.5) is 0 Å². The van der Waals surface area contributed by atoms with E-state index in [2.05, 4.69) is 11.8 Å². The second-order valence-corrected chi connectivity index (χ2v) is 5.20. The Balaban J connectivity index is 2.30. The molecule has 0 fully saturated rings. The van der Waals surface area contributed by atoms with Crippen LogP contribution < -0.4 is 0 Å². The summed E-state index contributed by atoms with van der Waals surface area (Å²) in [5.74, 6) is 5.38. The molecule has 0 amide bonds. The molecule has 102 valence electrons. The van der Waals surface area contributed by atoms with Crippen LogP contribution in [0.15, 0.2) is 48.3 Å². The zero-order valence-electron chi connectivity index (χ0n) is 11.1. The van der Waals surface area contributed by atoms with Gasteiger partial charge in [-0.2, -0.15) is 0 Å². The monoisotopic (exact) mass is 288 g/mol. The third kappa shape index (κ3) is 3.37. The van der Waals surface area contributed by atoms with Crippen molar-refractivity contribution in [3.8, 4) is 11.8 Å². The molecule has 1 N–H and O–H groups in total. The number of halogens is 1. The van der Waals surface area contributed by atoms with Crippen molar-refractivity contribution in [3.63, 3.8) is 0 Å². The summed E-state index contributed by atoms with van der Waals surface area (Å²) in [4.78, 5) is 11.5. The van der Waals surface area contributed by atoms with E-state index in [1.54, 1.807) is 6.08 Å². The molecule has 0 aliphatic carbocycles. The van der Waals surface area contributed by atoms with Crippen LogP contribution in [-0.4, -0.2) is 29.0 Å². The molecule has 0 saturated heterocycles. The summed E-state index contributed by atoms with van der Waals surface area (Å²) < 4.78 is 0.389. The maximum atomic E-state index is 11.5. The number of carbonyl (C=O) groups is 1. The molecular formula is C16H15ClNO2+. The number of nitrogens with zero attached hydrogens (tertiary/aromatic N) is 1. The van der Waals surface area contributed by atoms with Gasteiger partial charge in [0, 0.05) is 16.7 Å². The van der Waals surface area contributed by atoms with E-state index in [9.17, 15) is 4.79 Å². The number of aliphatic hydroxyl groups excluding tert-OH is 1. The number of quaternary nitrogens is 1. The van der Waals surface area contributed by atoms with Gasteiger partial charge in [-0.15, -0.1) is 0 Å². The Kier molecular flexibility index (Phi) is 4.41. The van der Waals surface area contributed by atoms with Gasteiger partial charge in [-0.05, 0) is 18.1 Å². The van der Waals surface area contributed by atoms with Crippen LogP contribution in [-0.2, 0) is 11.3 Å². The lowest BCUT2D eigenvalue weighted by atomic mass is 10.1. The predicted molar refractivity (Wildman–Crippen MR) is 78.4 cm³/mol. The highest BCUT2D eigenvalue weighted by Gasteiger charge is 2.28. The second kappa shape index (κ2) is 6.06. The number of hydrogen-bond donors (Lipinski definition) is 1. The van der Waals surface area contributed by atoms with Gasteiger partial charge in [-0.1, -0.05) is 29.7 Å². The van der Waals surface area contributed by atoms with Crippen LogP contribution in [0.5, 0.6) is 0 Å². The summed E-state index contributed by atoms with van der Waals surface area (Å²) in [5.41, 5.74) is 1.76. The molecule has 20 heavy (non-hydrogen) atoms. The van der Waals surface area contributed by atoms with Gasteiger partial charge in [-0.25, -0.2) is 0 Å². The molecule has 1 unspecified atom stereocenters. The molecule has 0 aromatic heterocycles. The first kappa shape index (κ1) is 14.5. The number of benzene rings is 1. The maximum absolute atomic E-state index is 11.5. The number of carbonyl (C=O) groups excluding carboxylic acids is 1. The van der Waals surface area contributed by atoms with Crippen molar-refractivity contribution >= 4 is 17.4 Å².